The number of benzene rings is 1. The van der Waals surface area contributed by atoms with Gasteiger partial charge in [-0.1, -0.05) is 19.9 Å². The van der Waals surface area contributed by atoms with Gasteiger partial charge >= 0.3 is 5.69 Å². The van der Waals surface area contributed by atoms with E-state index in [-0.39, 0.29) is 23.2 Å². The lowest BCUT2D eigenvalue weighted by atomic mass is 10.0. The van der Waals surface area contributed by atoms with E-state index in [0.29, 0.717) is 12.3 Å². The number of nitriles is 1. The molecule has 0 fully saturated rings. The number of nitrogens with zero attached hydrogens (tertiary/aromatic N) is 2. The van der Waals surface area contributed by atoms with Gasteiger partial charge in [0.1, 0.15) is 17.3 Å². The van der Waals surface area contributed by atoms with E-state index in [4.69, 9.17) is 10.00 Å². The number of hydrogen-bond donors (Lipinski definition) is 1. The third kappa shape index (κ3) is 3.66. The Labute approximate surface area is 112 Å². The first-order valence-corrected chi connectivity index (χ1v) is 5.94. The van der Waals surface area contributed by atoms with Gasteiger partial charge in [-0.3, -0.25) is 10.1 Å². The Morgan fingerprint density at radius 1 is 1.53 bits per heavy atom. The molecular weight excluding hydrogens is 246 g/mol. The largest absolute Gasteiger partial charge is 0.383 e. The highest BCUT2D eigenvalue weighted by atomic mass is 16.6. The zero-order valence-electron chi connectivity index (χ0n) is 11.2. The van der Waals surface area contributed by atoms with Gasteiger partial charge in [0.15, 0.2) is 0 Å². The van der Waals surface area contributed by atoms with Crippen LogP contribution in [0.3, 0.4) is 0 Å². The molecule has 19 heavy (non-hydrogen) atoms. The minimum Gasteiger partial charge on any atom is -0.383 e. The van der Waals surface area contributed by atoms with Gasteiger partial charge in [-0.2, -0.15) is 5.26 Å². The maximum atomic E-state index is 11.1. The summed E-state index contributed by atoms with van der Waals surface area (Å²) in [6, 6.07) is 6.44. The molecule has 0 aliphatic heterocycles. The number of nitro groups is 1. The van der Waals surface area contributed by atoms with Crippen molar-refractivity contribution in [3.63, 3.8) is 0 Å². The third-order valence-electron chi connectivity index (χ3n) is 2.83. The zero-order valence-corrected chi connectivity index (χ0v) is 11.2. The molecular formula is C13H17N3O3. The van der Waals surface area contributed by atoms with E-state index < -0.39 is 4.92 Å². The summed E-state index contributed by atoms with van der Waals surface area (Å²) in [4.78, 5) is 10.6. The van der Waals surface area contributed by atoms with Gasteiger partial charge in [-0.05, 0) is 18.1 Å². The molecule has 1 atom stereocenters. The zero-order chi connectivity index (χ0) is 14.4. The van der Waals surface area contributed by atoms with Crippen molar-refractivity contribution in [3.05, 3.63) is 33.9 Å². The fraction of sp³-hybridized carbons (Fsp3) is 0.462. The second-order valence-corrected chi connectivity index (χ2v) is 4.52. The van der Waals surface area contributed by atoms with Crippen LogP contribution in [0.4, 0.5) is 11.4 Å². The second-order valence-electron chi connectivity index (χ2n) is 4.52. The van der Waals surface area contributed by atoms with Gasteiger partial charge < -0.3 is 10.1 Å². The first kappa shape index (κ1) is 14.9. The van der Waals surface area contributed by atoms with E-state index in [9.17, 15) is 10.1 Å². The highest BCUT2D eigenvalue weighted by molar-refractivity contribution is 5.68. The molecule has 6 nitrogen and oxygen atoms in total. The molecule has 0 aliphatic carbocycles. The smallest absolute Gasteiger partial charge is 0.309 e. The van der Waals surface area contributed by atoms with E-state index in [1.807, 2.05) is 19.9 Å². The maximum Gasteiger partial charge on any atom is 0.309 e. The lowest BCUT2D eigenvalue weighted by Gasteiger charge is -2.22. The van der Waals surface area contributed by atoms with Crippen LogP contribution < -0.4 is 5.32 Å². The number of nitro benzene ring substituents is 1. The number of ether oxygens (including phenoxy) is 1. The van der Waals surface area contributed by atoms with Crippen LogP contribution in [0.2, 0.25) is 0 Å². The van der Waals surface area contributed by atoms with Crippen LogP contribution in [0, 0.1) is 27.4 Å². The van der Waals surface area contributed by atoms with Crippen LogP contribution in [0.5, 0.6) is 0 Å². The molecule has 0 heterocycles. The Balaban J connectivity index is 3.13. The van der Waals surface area contributed by atoms with E-state index in [1.54, 1.807) is 19.2 Å². The molecule has 1 aromatic carbocycles. The molecule has 1 N–H and O–H groups in total. The van der Waals surface area contributed by atoms with Crippen molar-refractivity contribution in [2.45, 2.75) is 19.9 Å². The standard InChI is InChI=1S/C13H17N3O3/c1-9(2)12(8-19-3)15-11-6-4-5-10(7-14)13(11)16(17)18/h4-6,9,12,15H,8H2,1-3H3. The van der Waals surface area contributed by atoms with Crippen molar-refractivity contribution in [3.8, 4) is 6.07 Å². The van der Waals surface area contributed by atoms with E-state index >= 15 is 0 Å². The molecule has 102 valence electrons. The normalized spacial score (nSPS) is 11.9. The van der Waals surface area contributed by atoms with Crippen molar-refractivity contribution in [1.29, 1.82) is 5.26 Å². The molecule has 0 spiro atoms. The molecule has 6 heteroatoms. The van der Waals surface area contributed by atoms with Crippen LogP contribution in [-0.4, -0.2) is 24.7 Å². The van der Waals surface area contributed by atoms with Crippen LogP contribution in [0.1, 0.15) is 19.4 Å². The van der Waals surface area contributed by atoms with Crippen molar-refractivity contribution in [2.75, 3.05) is 19.0 Å². The van der Waals surface area contributed by atoms with Gasteiger partial charge in [0.2, 0.25) is 0 Å². The molecule has 0 aromatic heterocycles. The van der Waals surface area contributed by atoms with E-state index in [2.05, 4.69) is 5.32 Å². The van der Waals surface area contributed by atoms with E-state index in [1.165, 1.54) is 6.07 Å². The molecule has 1 rings (SSSR count). The SMILES string of the molecule is COCC(Nc1cccc(C#N)c1[N+](=O)[O-])C(C)C. The summed E-state index contributed by atoms with van der Waals surface area (Å²) in [5.74, 6) is 0.241. The molecule has 0 bridgehead atoms. The highest BCUT2D eigenvalue weighted by Gasteiger charge is 2.22. The molecule has 0 amide bonds. The summed E-state index contributed by atoms with van der Waals surface area (Å²) in [6.07, 6.45) is 0. The monoisotopic (exact) mass is 263 g/mol. The Bertz CT molecular complexity index is 494. The lowest BCUT2D eigenvalue weighted by Crippen LogP contribution is -2.30. The number of para-hydroxylation sites is 1. The summed E-state index contributed by atoms with van der Waals surface area (Å²) in [5.41, 5.74) is 0.210. The van der Waals surface area contributed by atoms with Crippen molar-refractivity contribution >= 4 is 11.4 Å². The topological polar surface area (TPSA) is 88.2 Å². The Kier molecular flexibility index (Phi) is 5.27. The van der Waals surface area contributed by atoms with Crippen molar-refractivity contribution in [2.24, 2.45) is 5.92 Å². The summed E-state index contributed by atoms with van der Waals surface area (Å²) >= 11 is 0. The fourth-order valence-corrected chi connectivity index (χ4v) is 1.73. The third-order valence-corrected chi connectivity index (χ3v) is 2.83. The average Bonchev–Trinajstić information content (AvgIpc) is 2.37. The summed E-state index contributed by atoms with van der Waals surface area (Å²) < 4.78 is 5.10. The second kappa shape index (κ2) is 6.71. The molecule has 1 unspecified atom stereocenters. The maximum absolute atomic E-state index is 11.1. The first-order valence-electron chi connectivity index (χ1n) is 5.94. The number of anilines is 1. The van der Waals surface area contributed by atoms with Gasteiger partial charge in [-0.15, -0.1) is 0 Å². The quantitative estimate of drug-likeness (QED) is 0.629. The van der Waals surface area contributed by atoms with Gasteiger partial charge in [0.05, 0.1) is 17.6 Å². The van der Waals surface area contributed by atoms with Crippen LogP contribution in [0.15, 0.2) is 18.2 Å². The number of methoxy groups -OCH3 is 1. The van der Waals surface area contributed by atoms with Gasteiger partial charge in [-0.25, -0.2) is 0 Å². The first-order chi connectivity index (χ1) is 9.01. The number of rotatable bonds is 6. The summed E-state index contributed by atoms with van der Waals surface area (Å²) in [7, 11) is 1.58. The Hall–Kier alpha value is -2.13. The van der Waals surface area contributed by atoms with E-state index in [0.717, 1.165) is 0 Å². The summed E-state index contributed by atoms with van der Waals surface area (Å²) in [6.45, 7) is 4.43. The Morgan fingerprint density at radius 2 is 2.21 bits per heavy atom. The molecule has 0 saturated carbocycles. The van der Waals surface area contributed by atoms with Crippen LogP contribution >= 0.6 is 0 Å². The Morgan fingerprint density at radius 3 is 2.68 bits per heavy atom. The van der Waals surface area contributed by atoms with Crippen LogP contribution in [-0.2, 0) is 4.74 Å². The van der Waals surface area contributed by atoms with Crippen molar-refractivity contribution in [1.82, 2.24) is 0 Å². The number of hydrogen-bond acceptors (Lipinski definition) is 5. The minimum absolute atomic E-state index is 0.0509. The van der Waals surface area contributed by atoms with Crippen molar-refractivity contribution < 1.29 is 9.66 Å². The summed E-state index contributed by atoms with van der Waals surface area (Å²) in [5, 5.41) is 23.1. The van der Waals surface area contributed by atoms with Crippen LogP contribution in [0.25, 0.3) is 0 Å². The average molecular weight is 263 g/mol. The van der Waals surface area contributed by atoms with Gasteiger partial charge in [0, 0.05) is 7.11 Å². The molecule has 1 aromatic rings. The predicted molar refractivity (Wildman–Crippen MR) is 71.9 cm³/mol. The minimum atomic E-state index is -0.537. The lowest BCUT2D eigenvalue weighted by molar-refractivity contribution is -0.384. The molecule has 0 saturated heterocycles. The molecule has 0 aliphatic rings. The fourth-order valence-electron chi connectivity index (χ4n) is 1.73. The number of nitrogens with one attached hydrogen (secondary N) is 1. The highest BCUT2D eigenvalue weighted by Crippen LogP contribution is 2.29. The molecule has 0 radical (unpaired) electrons. The predicted octanol–water partition coefficient (Wildman–Crippen LogP) is 2.55. The van der Waals surface area contributed by atoms with Gasteiger partial charge in [0.25, 0.3) is 0 Å².